The zero-order chi connectivity index (χ0) is 11.5. The lowest BCUT2D eigenvalue weighted by Crippen LogP contribution is -2.00. The van der Waals surface area contributed by atoms with E-state index >= 15 is 0 Å². The standard InChI is InChI=1S/C6H4BrN7O2/c7-3-1-4(14(15)16)5(8-2-3)9-6-10-12-13-11-6/h1-2H,(H2,8,9,10,11,12,13). The molecular weight excluding hydrogens is 282 g/mol. The van der Waals surface area contributed by atoms with E-state index in [0.29, 0.717) is 4.47 Å². The van der Waals surface area contributed by atoms with Gasteiger partial charge in [-0.1, -0.05) is 5.10 Å². The van der Waals surface area contributed by atoms with Gasteiger partial charge in [-0.15, -0.1) is 5.10 Å². The molecule has 0 bridgehead atoms. The van der Waals surface area contributed by atoms with Gasteiger partial charge in [-0.3, -0.25) is 10.1 Å². The van der Waals surface area contributed by atoms with Gasteiger partial charge in [-0.2, -0.15) is 5.21 Å². The molecule has 0 amide bonds. The smallest absolute Gasteiger partial charge is 0.300 e. The number of anilines is 2. The largest absolute Gasteiger partial charge is 0.312 e. The number of aromatic nitrogens is 5. The molecule has 9 nitrogen and oxygen atoms in total. The van der Waals surface area contributed by atoms with Gasteiger partial charge in [0.15, 0.2) is 0 Å². The fraction of sp³-hybridized carbons (Fsp3) is 0. The second-order valence-corrected chi connectivity index (χ2v) is 3.55. The van der Waals surface area contributed by atoms with E-state index in [1.807, 2.05) is 0 Å². The molecule has 0 aliphatic carbocycles. The van der Waals surface area contributed by atoms with Crippen LogP contribution in [0.2, 0.25) is 0 Å². The molecule has 2 N–H and O–H groups in total. The van der Waals surface area contributed by atoms with Gasteiger partial charge in [0.2, 0.25) is 5.82 Å². The van der Waals surface area contributed by atoms with Crippen LogP contribution in [0, 0.1) is 10.1 Å². The lowest BCUT2D eigenvalue weighted by atomic mass is 10.4. The van der Waals surface area contributed by atoms with E-state index in [1.165, 1.54) is 12.3 Å². The number of halogens is 1. The molecule has 0 spiro atoms. The highest BCUT2D eigenvalue weighted by molar-refractivity contribution is 9.10. The Hall–Kier alpha value is -2.10. The number of nitrogens with one attached hydrogen (secondary N) is 2. The van der Waals surface area contributed by atoms with Gasteiger partial charge in [-0.05, 0) is 21.1 Å². The second-order valence-electron chi connectivity index (χ2n) is 2.64. The average Bonchev–Trinajstić information content (AvgIpc) is 2.73. The van der Waals surface area contributed by atoms with Gasteiger partial charge in [-0.25, -0.2) is 4.98 Å². The van der Waals surface area contributed by atoms with Gasteiger partial charge in [0.25, 0.3) is 5.95 Å². The normalized spacial score (nSPS) is 10.1. The third-order valence-corrected chi connectivity index (χ3v) is 2.04. The highest BCUT2D eigenvalue weighted by atomic mass is 79.9. The molecule has 82 valence electrons. The topological polar surface area (TPSA) is 123 Å². The summed E-state index contributed by atoms with van der Waals surface area (Å²) in [6.07, 6.45) is 1.43. The Balaban J connectivity index is 2.36. The summed E-state index contributed by atoms with van der Waals surface area (Å²) in [5.41, 5.74) is -0.181. The van der Waals surface area contributed by atoms with Crippen molar-refractivity contribution in [3.8, 4) is 0 Å². The fourth-order valence-electron chi connectivity index (χ4n) is 0.985. The summed E-state index contributed by atoms with van der Waals surface area (Å²) in [6.45, 7) is 0. The van der Waals surface area contributed by atoms with Gasteiger partial charge >= 0.3 is 5.69 Å². The Morgan fingerprint density at radius 3 is 3.00 bits per heavy atom. The molecular formula is C6H4BrN7O2. The Morgan fingerprint density at radius 2 is 2.38 bits per heavy atom. The molecule has 16 heavy (non-hydrogen) atoms. The van der Waals surface area contributed by atoms with Gasteiger partial charge < -0.3 is 5.32 Å². The van der Waals surface area contributed by atoms with E-state index < -0.39 is 4.92 Å². The summed E-state index contributed by atoms with van der Waals surface area (Å²) >= 11 is 3.10. The molecule has 0 radical (unpaired) electrons. The number of hydrogen-bond donors (Lipinski definition) is 2. The molecule has 2 aromatic rings. The molecule has 0 aliphatic heterocycles. The number of nitro groups is 1. The summed E-state index contributed by atoms with van der Waals surface area (Å²) in [5, 5.41) is 26.0. The predicted octanol–water partition coefficient (Wildman–Crippen LogP) is 1.01. The van der Waals surface area contributed by atoms with Crippen molar-refractivity contribution in [3.63, 3.8) is 0 Å². The van der Waals surface area contributed by atoms with Crippen molar-refractivity contribution in [2.75, 3.05) is 5.32 Å². The third-order valence-electron chi connectivity index (χ3n) is 1.61. The minimum Gasteiger partial charge on any atom is -0.300 e. The predicted molar refractivity (Wildman–Crippen MR) is 56.1 cm³/mol. The van der Waals surface area contributed by atoms with Crippen LogP contribution in [0.3, 0.4) is 0 Å². The molecule has 10 heteroatoms. The van der Waals surface area contributed by atoms with Crippen LogP contribution < -0.4 is 5.32 Å². The lowest BCUT2D eigenvalue weighted by Gasteiger charge is -2.01. The molecule has 0 fully saturated rings. The van der Waals surface area contributed by atoms with E-state index in [1.54, 1.807) is 0 Å². The maximum Gasteiger partial charge on any atom is 0.312 e. The first-order valence-corrected chi connectivity index (χ1v) is 4.76. The van der Waals surface area contributed by atoms with Crippen LogP contribution in [0.5, 0.6) is 0 Å². The number of pyridine rings is 1. The van der Waals surface area contributed by atoms with Crippen LogP contribution >= 0.6 is 15.9 Å². The lowest BCUT2D eigenvalue weighted by molar-refractivity contribution is -0.384. The van der Waals surface area contributed by atoms with E-state index in [0.717, 1.165) is 0 Å². The SMILES string of the molecule is O=[N+]([O-])c1cc(Br)cnc1Nc1nn[nH]n1. The molecule has 2 rings (SSSR count). The molecule has 0 saturated heterocycles. The van der Waals surface area contributed by atoms with Gasteiger partial charge in [0, 0.05) is 16.7 Å². The van der Waals surface area contributed by atoms with Gasteiger partial charge in [0.1, 0.15) is 0 Å². The number of nitrogens with zero attached hydrogens (tertiary/aromatic N) is 5. The molecule has 2 aromatic heterocycles. The summed E-state index contributed by atoms with van der Waals surface area (Å²) in [6, 6.07) is 1.33. The highest BCUT2D eigenvalue weighted by Crippen LogP contribution is 2.26. The first-order chi connectivity index (χ1) is 7.66. The maximum atomic E-state index is 10.7. The second kappa shape index (κ2) is 4.18. The van der Waals surface area contributed by atoms with Crippen LogP contribution in [0.25, 0.3) is 0 Å². The molecule has 2 heterocycles. The Labute approximate surface area is 96.6 Å². The van der Waals surface area contributed by atoms with Crippen LogP contribution in [0.4, 0.5) is 17.5 Å². The molecule has 0 unspecified atom stereocenters. The summed E-state index contributed by atoms with van der Waals surface area (Å²) in [5.74, 6) is 0.160. The van der Waals surface area contributed by atoms with E-state index in [2.05, 4.69) is 46.9 Å². The highest BCUT2D eigenvalue weighted by Gasteiger charge is 2.17. The fourth-order valence-corrected chi connectivity index (χ4v) is 1.30. The Bertz CT molecular complexity index is 514. The van der Waals surface area contributed by atoms with E-state index in [-0.39, 0.29) is 17.5 Å². The van der Waals surface area contributed by atoms with Crippen molar-refractivity contribution in [3.05, 3.63) is 26.9 Å². The number of hydrogen-bond acceptors (Lipinski definition) is 7. The summed E-state index contributed by atoms with van der Waals surface area (Å²) < 4.78 is 0.512. The third kappa shape index (κ3) is 2.11. The van der Waals surface area contributed by atoms with Crippen molar-refractivity contribution >= 4 is 33.4 Å². The number of rotatable bonds is 3. The molecule has 0 aromatic carbocycles. The molecule has 0 atom stereocenters. The number of H-pyrrole nitrogens is 1. The monoisotopic (exact) mass is 285 g/mol. The van der Waals surface area contributed by atoms with Crippen LogP contribution in [0.1, 0.15) is 0 Å². The van der Waals surface area contributed by atoms with Crippen LogP contribution in [-0.4, -0.2) is 30.5 Å². The van der Waals surface area contributed by atoms with E-state index in [9.17, 15) is 10.1 Å². The van der Waals surface area contributed by atoms with Crippen molar-refractivity contribution in [2.24, 2.45) is 0 Å². The zero-order valence-electron chi connectivity index (χ0n) is 7.59. The van der Waals surface area contributed by atoms with Crippen LogP contribution in [-0.2, 0) is 0 Å². The summed E-state index contributed by atoms with van der Waals surface area (Å²) in [7, 11) is 0. The maximum absolute atomic E-state index is 10.7. The van der Waals surface area contributed by atoms with Crippen molar-refractivity contribution < 1.29 is 4.92 Å². The summed E-state index contributed by atoms with van der Waals surface area (Å²) in [4.78, 5) is 14.0. The van der Waals surface area contributed by atoms with E-state index in [4.69, 9.17) is 0 Å². The number of aromatic amines is 1. The number of tetrazole rings is 1. The first-order valence-electron chi connectivity index (χ1n) is 3.97. The van der Waals surface area contributed by atoms with Crippen molar-refractivity contribution in [1.82, 2.24) is 25.6 Å². The molecule has 0 saturated carbocycles. The van der Waals surface area contributed by atoms with Crippen molar-refractivity contribution in [1.29, 1.82) is 0 Å². The zero-order valence-corrected chi connectivity index (χ0v) is 9.17. The minimum absolute atomic E-state index is 0.0506. The Morgan fingerprint density at radius 1 is 1.56 bits per heavy atom. The average molecular weight is 286 g/mol. The quantitative estimate of drug-likeness (QED) is 0.637. The van der Waals surface area contributed by atoms with Gasteiger partial charge in [0.05, 0.1) is 4.92 Å². The Kier molecular flexibility index (Phi) is 2.72. The van der Waals surface area contributed by atoms with Crippen LogP contribution in [0.15, 0.2) is 16.7 Å². The molecule has 0 aliphatic rings. The first kappa shape index (κ1) is 10.4. The van der Waals surface area contributed by atoms with Crippen molar-refractivity contribution in [2.45, 2.75) is 0 Å². The minimum atomic E-state index is -0.555.